The van der Waals surface area contributed by atoms with Gasteiger partial charge in [-0.05, 0) is 30.3 Å². The van der Waals surface area contributed by atoms with Crippen molar-refractivity contribution in [2.75, 3.05) is 32.1 Å². The molecule has 3 rings (SSSR count). The fraction of sp³-hybridized carbons (Fsp3) is 0.240. The standard InChI is InChI=1S/C25H25F3N2O2/c1-30(18-23(31)29-22-15-9-8-14-21(22)25(26,27)28)16-17-32-24(19-10-4-2-5-11-19)20-12-6-3-7-13-20/h2-15,24H,16-18H2,1H3,(H,29,31). The quantitative estimate of drug-likeness (QED) is 0.484. The van der Waals surface area contributed by atoms with Gasteiger partial charge in [0, 0.05) is 6.54 Å². The maximum Gasteiger partial charge on any atom is 0.418 e. The van der Waals surface area contributed by atoms with Gasteiger partial charge in [0.1, 0.15) is 6.10 Å². The van der Waals surface area contributed by atoms with E-state index in [9.17, 15) is 18.0 Å². The minimum atomic E-state index is -4.53. The molecule has 3 aromatic carbocycles. The first-order valence-corrected chi connectivity index (χ1v) is 10.2. The molecule has 4 nitrogen and oxygen atoms in total. The van der Waals surface area contributed by atoms with Gasteiger partial charge in [-0.3, -0.25) is 9.69 Å². The molecule has 0 fully saturated rings. The summed E-state index contributed by atoms with van der Waals surface area (Å²) in [4.78, 5) is 14.0. The number of nitrogens with one attached hydrogen (secondary N) is 1. The van der Waals surface area contributed by atoms with Gasteiger partial charge in [0.15, 0.2) is 0 Å². The molecular formula is C25H25F3N2O2. The van der Waals surface area contributed by atoms with Crippen LogP contribution < -0.4 is 5.32 Å². The number of hydrogen-bond donors (Lipinski definition) is 1. The fourth-order valence-corrected chi connectivity index (χ4v) is 3.32. The highest BCUT2D eigenvalue weighted by molar-refractivity contribution is 5.93. The van der Waals surface area contributed by atoms with Gasteiger partial charge in [0.25, 0.3) is 0 Å². The highest BCUT2D eigenvalue weighted by Crippen LogP contribution is 2.34. The fourth-order valence-electron chi connectivity index (χ4n) is 3.32. The molecule has 0 aromatic heterocycles. The number of benzene rings is 3. The zero-order chi connectivity index (χ0) is 23.0. The summed E-state index contributed by atoms with van der Waals surface area (Å²) in [5, 5.41) is 2.36. The van der Waals surface area contributed by atoms with Crippen LogP contribution in [0.2, 0.25) is 0 Å². The minimum Gasteiger partial charge on any atom is -0.367 e. The summed E-state index contributed by atoms with van der Waals surface area (Å²) in [5.41, 5.74) is 0.918. The Hall–Kier alpha value is -3.16. The van der Waals surface area contributed by atoms with Gasteiger partial charge in [-0.2, -0.15) is 13.2 Å². The number of amides is 1. The lowest BCUT2D eigenvalue weighted by Crippen LogP contribution is -2.33. The largest absolute Gasteiger partial charge is 0.418 e. The third-order valence-electron chi connectivity index (χ3n) is 4.88. The molecular weight excluding hydrogens is 417 g/mol. The van der Waals surface area contributed by atoms with E-state index >= 15 is 0 Å². The molecule has 0 aliphatic carbocycles. The van der Waals surface area contributed by atoms with Crippen LogP contribution in [0.25, 0.3) is 0 Å². The number of para-hydroxylation sites is 1. The number of rotatable bonds is 9. The Balaban J connectivity index is 1.55. The molecule has 168 valence electrons. The van der Waals surface area contributed by atoms with Gasteiger partial charge in [0.2, 0.25) is 5.91 Å². The zero-order valence-electron chi connectivity index (χ0n) is 17.7. The molecule has 0 unspecified atom stereocenters. The third kappa shape index (κ3) is 6.67. The molecule has 0 radical (unpaired) electrons. The molecule has 0 atom stereocenters. The lowest BCUT2D eigenvalue weighted by molar-refractivity contribution is -0.137. The minimum absolute atomic E-state index is 0.0586. The van der Waals surface area contributed by atoms with Gasteiger partial charge < -0.3 is 10.1 Å². The first-order chi connectivity index (χ1) is 15.3. The first kappa shape index (κ1) is 23.5. The van der Waals surface area contributed by atoms with Gasteiger partial charge >= 0.3 is 6.18 Å². The second-order valence-electron chi connectivity index (χ2n) is 7.40. The number of likely N-dealkylation sites (N-methyl/N-ethyl adjacent to an activating group) is 1. The Morgan fingerprint density at radius 3 is 2.00 bits per heavy atom. The second kappa shape index (κ2) is 10.9. The Morgan fingerprint density at radius 1 is 0.906 bits per heavy atom. The zero-order valence-corrected chi connectivity index (χ0v) is 17.7. The van der Waals surface area contributed by atoms with Crippen molar-refractivity contribution in [2.24, 2.45) is 0 Å². The number of halogens is 3. The average molecular weight is 442 g/mol. The van der Waals surface area contributed by atoms with Crippen LogP contribution in [0.1, 0.15) is 22.8 Å². The summed E-state index contributed by atoms with van der Waals surface area (Å²) in [6.45, 7) is 0.721. The second-order valence-corrected chi connectivity index (χ2v) is 7.40. The molecule has 0 aliphatic rings. The van der Waals surface area contributed by atoms with Gasteiger partial charge in [-0.25, -0.2) is 0 Å². The smallest absolute Gasteiger partial charge is 0.367 e. The van der Waals surface area contributed by atoms with Crippen LogP contribution >= 0.6 is 0 Å². The summed E-state index contributed by atoms with van der Waals surface area (Å²) in [7, 11) is 1.72. The summed E-state index contributed by atoms with van der Waals surface area (Å²) in [6, 6.07) is 24.6. The van der Waals surface area contributed by atoms with Gasteiger partial charge in [0.05, 0.1) is 24.4 Å². The van der Waals surface area contributed by atoms with Crippen molar-refractivity contribution >= 4 is 11.6 Å². The van der Waals surface area contributed by atoms with Crippen molar-refractivity contribution in [3.8, 4) is 0 Å². The van der Waals surface area contributed by atoms with E-state index in [4.69, 9.17) is 4.74 Å². The van der Waals surface area contributed by atoms with Crippen LogP contribution in [0.15, 0.2) is 84.9 Å². The van der Waals surface area contributed by atoms with E-state index in [0.29, 0.717) is 13.2 Å². The van der Waals surface area contributed by atoms with E-state index in [-0.39, 0.29) is 18.3 Å². The summed E-state index contributed by atoms with van der Waals surface area (Å²) < 4.78 is 45.4. The van der Waals surface area contributed by atoms with Crippen LogP contribution in [0.4, 0.5) is 18.9 Å². The molecule has 0 bridgehead atoms. The third-order valence-corrected chi connectivity index (χ3v) is 4.88. The van der Waals surface area contributed by atoms with Crippen molar-refractivity contribution in [1.29, 1.82) is 0 Å². The van der Waals surface area contributed by atoms with E-state index in [1.165, 1.54) is 18.2 Å². The van der Waals surface area contributed by atoms with E-state index in [1.54, 1.807) is 11.9 Å². The van der Waals surface area contributed by atoms with Crippen LogP contribution in [0, 0.1) is 0 Å². The Morgan fingerprint density at radius 2 is 1.44 bits per heavy atom. The van der Waals surface area contributed by atoms with E-state index in [2.05, 4.69) is 5.32 Å². The SMILES string of the molecule is CN(CCOC(c1ccccc1)c1ccccc1)CC(=O)Nc1ccccc1C(F)(F)F. The first-order valence-electron chi connectivity index (χ1n) is 10.2. The predicted octanol–water partition coefficient (Wildman–Crippen LogP) is 5.38. The van der Waals surface area contributed by atoms with E-state index in [0.717, 1.165) is 17.2 Å². The maximum absolute atomic E-state index is 13.1. The average Bonchev–Trinajstić information content (AvgIpc) is 2.77. The molecule has 0 heterocycles. The molecule has 0 spiro atoms. The number of ether oxygens (including phenoxy) is 1. The molecule has 0 saturated heterocycles. The molecule has 32 heavy (non-hydrogen) atoms. The summed E-state index contributed by atoms with van der Waals surface area (Å²) >= 11 is 0. The number of anilines is 1. The molecule has 0 aliphatic heterocycles. The van der Waals surface area contributed by atoms with Crippen LogP contribution in [-0.4, -0.2) is 37.6 Å². The maximum atomic E-state index is 13.1. The molecule has 1 amide bonds. The van der Waals surface area contributed by atoms with Gasteiger partial charge in [-0.1, -0.05) is 72.8 Å². The molecule has 0 saturated carbocycles. The highest BCUT2D eigenvalue weighted by atomic mass is 19.4. The van der Waals surface area contributed by atoms with Crippen molar-refractivity contribution in [3.63, 3.8) is 0 Å². The number of nitrogens with zero attached hydrogens (tertiary/aromatic N) is 1. The van der Waals surface area contributed by atoms with Crippen molar-refractivity contribution in [2.45, 2.75) is 12.3 Å². The lowest BCUT2D eigenvalue weighted by Gasteiger charge is -2.22. The monoisotopic (exact) mass is 442 g/mol. The van der Waals surface area contributed by atoms with Crippen LogP contribution in [0.5, 0.6) is 0 Å². The van der Waals surface area contributed by atoms with Crippen LogP contribution in [-0.2, 0) is 15.7 Å². The Kier molecular flexibility index (Phi) is 8.03. The van der Waals surface area contributed by atoms with Crippen LogP contribution in [0.3, 0.4) is 0 Å². The summed E-state index contributed by atoms with van der Waals surface area (Å²) in [6.07, 6.45) is -4.79. The van der Waals surface area contributed by atoms with E-state index in [1.807, 2.05) is 60.7 Å². The van der Waals surface area contributed by atoms with Gasteiger partial charge in [-0.15, -0.1) is 0 Å². The van der Waals surface area contributed by atoms with Crippen molar-refractivity contribution < 1.29 is 22.7 Å². The van der Waals surface area contributed by atoms with E-state index < -0.39 is 17.6 Å². The predicted molar refractivity (Wildman–Crippen MR) is 118 cm³/mol. The molecule has 3 aromatic rings. The Bertz CT molecular complexity index is 955. The lowest BCUT2D eigenvalue weighted by atomic mass is 10.0. The number of carbonyl (C=O) groups is 1. The normalized spacial score (nSPS) is 11.7. The number of alkyl halides is 3. The summed E-state index contributed by atoms with van der Waals surface area (Å²) in [5.74, 6) is -0.521. The number of carbonyl (C=O) groups excluding carboxylic acids is 1. The highest BCUT2D eigenvalue weighted by Gasteiger charge is 2.33. The van der Waals surface area contributed by atoms with Crippen molar-refractivity contribution in [1.82, 2.24) is 4.90 Å². The van der Waals surface area contributed by atoms with Crippen molar-refractivity contribution in [3.05, 3.63) is 102 Å². The Labute approximate surface area is 185 Å². The number of hydrogen-bond acceptors (Lipinski definition) is 3. The topological polar surface area (TPSA) is 41.6 Å². The molecule has 7 heteroatoms. The molecule has 1 N–H and O–H groups in total.